The number of rotatable bonds is 5. The second-order valence-electron chi connectivity index (χ2n) is 4.35. The third-order valence-electron chi connectivity index (χ3n) is 2.97. The van der Waals surface area contributed by atoms with E-state index in [4.69, 9.17) is 5.73 Å². The highest BCUT2D eigenvalue weighted by Crippen LogP contribution is 2.11. The van der Waals surface area contributed by atoms with Crippen molar-refractivity contribution in [1.29, 1.82) is 0 Å². The van der Waals surface area contributed by atoms with Crippen LogP contribution < -0.4 is 5.73 Å². The van der Waals surface area contributed by atoms with Crippen LogP contribution in [-0.4, -0.2) is 26.2 Å². The van der Waals surface area contributed by atoms with E-state index in [0.29, 0.717) is 0 Å². The molecule has 0 aliphatic rings. The lowest BCUT2D eigenvalue weighted by Gasteiger charge is -2.19. The summed E-state index contributed by atoms with van der Waals surface area (Å²) < 4.78 is 1.81. The summed E-state index contributed by atoms with van der Waals surface area (Å²) in [5.41, 5.74) is 7.82. The molecule has 0 aliphatic heterocycles. The van der Waals surface area contributed by atoms with Crippen LogP contribution in [0.4, 0.5) is 5.69 Å². The van der Waals surface area contributed by atoms with Crippen LogP contribution in [0.25, 0.3) is 0 Å². The summed E-state index contributed by atoms with van der Waals surface area (Å²) in [6, 6.07) is 8.00. The Morgan fingerprint density at radius 2 is 2.17 bits per heavy atom. The number of aryl methyl sites for hydroxylation is 1. The minimum absolute atomic E-state index is 0.793. The molecule has 18 heavy (non-hydrogen) atoms. The molecule has 1 heterocycles. The lowest BCUT2D eigenvalue weighted by Crippen LogP contribution is -2.24. The first kappa shape index (κ1) is 12.6. The van der Waals surface area contributed by atoms with E-state index in [0.717, 1.165) is 31.1 Å². The van der Waals surface area contributed by atoms with Gasteiger partial charge < -0.3 is 5.73 Å². The molecule has 0 bridgehead atoms. The van der Waals surface area contributed by atoms with Crippen molar-refractivity contribution in [3.8, 4) is 0 Å². The van der Waals surface area contributed by atoms with Crippen molar-refractivity contribution in [3.05, 3.63) is 42.0 Å². The van der Waals surface area contributed by atoms with Crippen molar-refractivity contribution in [2.24, 2.45) is 7.05 Å². The van der Waals surface area contributed by atoms with Gasteiger partial charge in [0.05, 0.1) is 6.54 Å². The molecule has 1 aromatic carbocycles. The van der Waals surface area contributed by atoms with E-state index in [1.54, 1.807) is 6.33 Å². The Morgan fingerprint density at radius 1 is 1.33 bits per heavy atom. The van der Waals surface area contributed by atoms with Crippen molar-refractivity contribution in [3.63, 3.8) is 0 Å². The van der Waals surface area contributed by atoms with E-state index >= 15 is 0 Å². The molecule has 0 aliphatic carbocycles. The summed E-state index contributed by atoms with van der Waals surface area (Å²) in [7, 11) is 1.91. The number of nitrogens with two attached hydrogens (primary N) is 1. The summed E-state index contributed by atoms with van der Waals surface area (Å²) in [6.45, 7) is 4.76. The molecule has 2 rings (SSSR count). The van der Waals surface area contributed by atoms with Gasteiger partial charge in [-0.25, -0.2) is 4.98 Å². The molecule has 0 radical (unpaired) electrons. The molecule has 0 unspecified atom stereocenters. The van der Waals surface area contributed by atoms with E-state index in [1.165, 1.54) is 5.56 Å². The Kier molecular flexibility index (Phi) is 3.94. The average molecular weight is 245 g/mol. The molecule has 0 fully saturated rings. The van der Waals surface area contributed by atoms with E-state index in [2.05, 4.69) is 28.0 Å². The lowest BCUT2D eigenvalue weighted by atomic mass is 10.2. The second kappa shape index (κ2) is 5.64. The Morgan fingerprint density at radius 3 is 2.78 bits per heavy atom. The van der Waals surface area contributed by atoms with Gasteiger partial charge in [0.2, 0.25) is 0 Å². The van der Waals surface area contributed by atoms with Gasteiger partial charge in [-0.05, 0) is 24.2 Å². The van der Waals surface area contributed by atoms with Gasteiger partial charge in [-0.15, -0.1) is 0 Å². The normalized spacial score (nSPS) is 11.1. The highest BCUT2D eigenvalue weighted by molar-refractivity contribution is 5.40. The van der Waals surface area contributed by atoms with Gasteiger partial charge in [-0.2, -0.15) is 5.10 Å². The zero-order chi connectivity index (χ0) is 13.0. The Balaban J connectivity index is 2.04. The smallest absolute Gasteiger partial charge is 0.140 e. The van der Waals surface area contributed by atoms with Gasteiger partial charge in [0.15, 0.2) is 0 Å². The fourth-order valence-electron chi connectivity index (χ4n) is 1.89. The Bertz CT molecular complexity index is 506. The summed E-state index contributed by atoms with van der Waals surface area (Å²) in [5, 5.41) is 4.08. The zero-order valence-electron chi connectivity index (χ0n) is 10.9. The van der Waals surface area contributed by atoms with Crippen LogP contribution in [0.1, 0.15) is 18.3 Å². The van der Waals surface area contributed by atoms with E-state index in [1.807, 2.05) is 29.9 Å². The summed E-state index contributed by atoms with van der Waals surface area (Å²) >= 11 is 0. The molecule has 96 valence electrons. The summed E-state index contributed by atoms with van der Waals surface area (Å²) in [5.74, 6) is 0.973. The van der Waals surface area contributed by atoms with E-state index in [-0.39, 0.29) is 0 Å². The van der Waals surface area contributed by atoms with E-state index in [9.17, 15) is 0 Å². The van der Waals surface area contributed by atoms with Gasteiger partial charge in [0, 0.05) is 19.3 Å². The van der Waals surface area contributed by atoms with Gasteiger partial charge >= 0.3 is 0 Å². The van der Waals surface area contributed by atoms with Crippen molar-refractivity contribution in [2.45, 2.75) is 20.0 Å². The van der Waals surface area contributed by atoms with Crippen LogP contribution in [0, 0.1) is 0 Å². The second-order valence-corrected chi connectivity index (χ2v) is 4.35. The molecule has 2 N–H and O–H groups in total. The van der Waals surface area contributed by atoms with Gasteiger partial charge in [-0.3, -0.25) is 9.58 Å². The maximum absolute atomic E-state index is 5.79. The number of hydrogen-bond acceptors (Lipinski definition) is 4. The number of hydrogen-bond donors (Lipinski definition) is 1. The number of benzene rings is 1. The average Bonchev–Trinajstić information content (AvgIpc) is 2.74. The first-order valence-electron chi connectivity index (χ1n) is 6.08. The fraction of sp³-hybridized carbons (Fsp3) is 0.385. The SMILES string of the molecule is CCN(Cc1cccc(N)c1)Cc1ncnn1C. The van der Waals surface area contributed by atoms with Crippen molar-refractivity contribution in [1.82, 2.24) is 19.7 Å². The number of aromatic nitrogens is 3. The molecule has 2 aromatic rings. The first-order valence-corrected chi connectivity index (χ1v) is 6.08. The predicted octanol–water partition coefficient (Wildman–Crippen LogP) is 1.42. The molecule has 0 saturated heterocycles. The topological polar surface area (TPSA) is 60.0 Å². The first-order chi connectivity index (χ1) is 8.69. The fourth-order valence-corrected chi connectivity index (χ4v) is 1.89. The van der Waals surface area contributed by atoms with Crippen LogP contribution >= 0.6 is 0 Å². The van der Waals surface area contributed by atoms with Crippen molar-refractivity contribution < 1.29 is 0 Å². The van der Waals surface area contributed by atoms with Gasteiger partial charge in [-0.1, -0.05) is 19.1 Å². The van der Waals surface area contributed by atoms with Crippen LogP contribution in [0.15, 0.2) is 30.6 Å². The standard InChI is InChI=1S/C13H19N5/c1-3-18(9-13-15-10-16-17(13)2)8-11-5-4-6-12(14)7-11/h4-7,10H,3,8-9,14H2,1-2H3. The van der Waals surface area contributed by atoms with Gasteiger partial charge in [0.25, 0.3) is 0 Å². The minimum atomic E-state index is 0.793. The maximum Gasteiger partial charge on any atom is 0.140 e. The molecule has 0 saturated carbocycles. The largest absolute Gasteiger partial charge is 0.399 e. The number of nitrogens with zero attached hydrogens (tertiary/aromatic N) is 4. The zero-order valence-corrected chi connectivity index (χ0v) is 10.9. The third kappa shape index (κ3) is 3.07. The molecule has 0 atom stereocenters. The van der Waals surface area contributed by atoms with Crippen LogP contribution in [-0.2, 0) is 20.1 Å². The molecular weight excluding hydrogens is 226 g/mol. The highest BCUT2D eigenvalue weighted by atomic mass is 15.3. The summed E-state index contributed by atoms with van der Waals surface area (Å²) in [4.78, 5) is 6.55. The quantitative estimate of drug-likeness (QED) is 0.809. The van der Waals surface area contributed by atoms with Gasteiger partial charge in [0.1, 0.15) is 12.2 Å². The summed E-state index contributed by atoms with van der Waals surface area (Å²) in [6.07, 6.45) is 1.59. The molecule has 0 amide bonds. The molecule has 1 aromatic heterocycles. The number of anilines is 1. The number of nitrogen functional groups attached to an aromatic ring is 1. The maximum atomic E-state index is 5.79. The molecule has 0 spiro atoms. The molecular formula is C13H19N5. The third-order valence-corrected chi connectivity index (χ3v) is 2.97. The molecule has 5 nitrogen and oxygen atoms in total. The van der Waals surface area contributed by atoms with Crippen LogP contribution in [0.3, 0.4) is 0 Å². The predicted molar refractivity (Wildman–Crippen MR) is 71.6 cm³/mol. The van der Waals surface area contributed by atoms with Crippen molar-refractivity contribution in [2.75, 3.05) is 12.3 Å². The van der Waals surface area contributed by atoms with E-state index < -0.39 is 0 Å². The Hall–Kier alpha value is -1.88. The lowest BCUT2D eigenvalue weighted by molar-refractivity contribution is 0.260. The van der Waals surface area contributed by atoms with Crippen LogP contribution in [0.5, 0.6) is 0 Å². The molecule has 5 heteroatoms. The van der Waals surface area contributed by atoms with Crippen molar-refractivity contribution >= 4 is 5.69 Å². The highest BCUT2D eigenvalue weighted by Gasteiger charge is 2.08. The Labute approximate surface area is 107 Å². The monoisotopic (exact) mass is 245 g/mol. The minimum Gasteiger partial charge on any atom is -0.399 e. The van der Waals surface area contributed by atoms with Crippen LogP contribution in [0.2, 0.25) is 0 Å².